The number of carbonyl (C=O) groups excluding carboxylic acids is 1. The largest absolute Gasteiger partial charge is 0.466 e. The molecule has 0 saturated carbocycles. The van der Waals surface area contributed by atoms with E-state index in [2.05, 4.69) is 4.98 Å². The minimum absolute atomic E-state index is 0.149. The number of aryl methyl sites for hydroxylation is 1. The molecule has 0 aromatic carbocycles. The van der Waals surface area contributed by atoms with E-state index in [-0.39, 0.29) is 18.5 Å². The normalized spacial score (nSPS) is 15.1. The summed E-state index contributed by atoms with van der Waals surface area (Å²) >= 11 is 1.57. The van der Waals surface area contributed by atoms with Gasteiger partial charge in [-0.3, -0.25) is 0 Å². The van der Waals surface area contributed by atoms with E-state index in [0.717, 1.165) is 29.1 Å². The SMILES string of the molecule is COC(=O)/C(=C/C[C@H](O)/C(C)=C/c1csc(C)n1)CCC[C@H](C)CO. The first-order chi connectivity index (χ1) is 11.9. The lowest BCUT2D eigenvalue weighted by Crippen LogP contribution is -2.10. The van der Waals surface area contributed by atoms with Crippen LogP contribution in [0.4, 0.5) is 0 Å². The highest BCUT2D eigenvalue weighted by Crippen LogP contribution is 2.18. The number of aliphatic hydroxyl groups is 2. The number of hydrogen-bond acceptors (Lipinski definition) is 6. The molecule has 0 radical (unpaired) electrons. The Balaban J connectivity index is 2.67. The highest BCUT2D eigenvalue weighted by Gasteiger charge is 2.13. The second kappa shape index (κ2) is 11.2. The first-order valence-electron chi connectivity index (χ1n) is 8.54. The second-order valence-corrected chi connectivity index (χ2v) is 7.39. The lowest BCUT2D eigenvalue weighted by Gasteiger charge is -2.11. The first-order valence-corrected chi connectivity index (χ1v) is 9.41. The van der Waals surface area contributed by atoms with E-state index >= 15 is 0 Å². The smallest absolute Gasteiger partial charge is 0.333 e. The predicted molar refractivity (Wildman–Crippen MR) is 101 cm³/mol. The molecule has 6 heteroatoms. The van der Waals surface area contributed by atoms with Gasteiger partial charge in [-0.2, -0.15) is 0 Å². The number of methoxy groups -OCH3 is 1. The van der Waals surface area contributed by atoms with Gasteiger partial charge in [-0.15, -0.1) is 11.3 Å². The van der Waals surface area contributed by atoms with Gasteiger partial charge in [-0.1, -0.05) is 13.0 Å². The molecule has 0 amide bonds. The Labute approximate surface area is 154 Å². The van der Waals surface area contributed by atoms with Gasteiger partial charge in [-0.05, 0) is 57.1 Å². The fourth-order valence-corrected chi connectivity index (χ4v) is 2.94. The van der Waals surface area contributed by atoms with Crippen molar-refractivity contribution in [3.8, 4) is 0 Å². The van der Waals surface area contributed by atoms with Gasteiger partial charge in [0.1, 0.15) is 0 Å². The molecule has 2 atom stereocenters. The minimum Gasteiger partial charge on any atom is -0.466 e. The molecule has 1 aromatic heterocycles. The van der Waals surface area contributed by atoms with Gasteiger partial charge in [-0.25, -0.2) is 9.78 Å². The van der Waals surface area contributed by atoms with Crippen molar-refractivity contribution < 1.29 is 19.7 Å². The van der Waals surface area contributed by atoms with Crippen molar-refractivity contribution in [3.63, 3.8) is 0 Å². The number of nitrogens with zero attached hydrogens (tertiary/aromatic N) is 1. The number of esters is 1. The molecule has 1 rings (SSSR count). The molecule has 140 valence electrons. The van der Waals surface area contributed by atoms with Crippen LogP contribution in [-0.2, 0) is 9.53 Å². The van der Waals surface area contributed by atoms with Crippen LogP contribution in [0, 0.1) is 12.8 Å². The summed E-state index contributed by atoms with van der Waals surface area (Å²) in [6.45, 7) is 5.92. The summed E-state index contributed by atoms with van der Waals surface area (Å²) in [5.74, 6) is -0.142. The van der Waals surface area contributed by atoms with Crippen LogP contribution in [0.1, 0.15) is 50.2 Å². The summed E-state index contributed by atoms with van der Waals surface area (Å²) in [4.78, 5) is 16.2. The van der Waals surface area contributed by atoms with Crippen LogP contribution >= 0.6 is 11.3 Å². The molecule has 0 saturated heterocycles. The number of aromatic nitrogens is 1. The maximum absolute atomic E-state index is 11.9. The third kappa shape index (κ3) is 7.94. The standard InChI is InChI=1S/C19H29NO4S/c1-13(11-21)6-5-7-16(19(23)24-4)8-9-18(22)14(2)10-17-12-25-15(3)20-17/h8,10,12-13,18,21-22H,5-7,9,11H2,1-4H3/b14-10+,16-8+/t13-,18-/m0/s1. The topological polar surface area (TPSA) is 79.7 Å². The van der Waals surface area contributed by atoms with Crippen LogP contribution in [0.25, 0.3) is 6.08 Å². The Kier molecular flexibility index (Phi) is 9.63. The average molecular weight is 368 g/mol. The maximum Gasteiger partial charge on any atom is 0.333 e. The van der Waals surface area contributed by atoms with Crippen LogP contribution in [-0.4, -0.2) is 41.0 Å². The number of ether oxygens (including phenoxy) is 1. The summed E-state index contributed by atoms with van der Waals surface area (Å²) < 4.78 is 4.83. The van der Waals surface area contributed by atoms with Crippen molar-refractivity contribution in [1.29, 1.82) is 0 Å². The zero-order valence-corrected chi connectivity index (χ0v) is 16.3. The van der Waals surface area contributed by atoms with Crippen molar-refractivity contribution in [2.45, 2.75) is 52.6 Å². The quantitative estimate of drug-likeness (QED) is 0.489. The fraction of sp³-hybridized carbons (Fsp3) is 0.579. The van der Waals surface area contributed by atoms with Gasteiger partial charge in [0.15, 0.2) is 0 Å². The van der Waals surface area contributed by atoms with Crippen molar-refractivity contribution in [2.24, 2.45) is 5.92 Å². The van der Waals surface area contributed by atoms with Crippen molar-refractivity contribution in [2.75, 3.05) is 13.7 Å². The molecular weight excluding hydrogens is 338 g/mol. The second-order valence-electron chi connectivity index (χ2n) is 6.33. The number of rotatable bonds is 10. The van der Waals surface area contributed by atoms with E-state index in [1.54, 1.807) is 17.4 Å². The van der Waals surface area contributed by atoms with Gasteiger partial charge in [0.2, 0.25) is 0 Å². The Morgan fingerprint density at radius 2 is 2.20 bits per heavy atom. The van der Waals surface area contributed by atoms with E-state index in [0.29, 0.717) is 18.4 Å². The molecule has 1 heterocycles. The average Bonchev–Trinajstić information content (AvgIpc) is 3.01. The molecule has 0 fully saturated rings. The molecule has 0 aliphatic heterocycles. The summed E-state index contributed by atoms with van der Waals surface area (Å²) in [6, 6.07) is 0. The number of carbonyl (C=O) groups is 1. The number of hydrogen-bond donors (Lipinski definition) is 2. The van der Waals surface area contributed by atoms with E-state index in [1.807, 2.05) is 32.2 Å². The molecule has 2 N–H and O–H groups in total. The molecule has 0 aliphatic rings. The van der Waals surface area contributed by atoms with E-state index in [9.17, 15) is 9.90 Å². The monoisotopic (exact) mass is 367 g/mol. The van der Waals surface area contributed by atoms with Crippen LogP contribution < -0.4 is 0 Å². The van der Waals surface area contributed by atoms with Crippen LogP contribution in [0.5, 0.6) is 0 Å². The molecule has 0 spiro atoms. The van der Waals surface area contributed by atoms with Crippen molar-refractivity contribution >= 4 is 23.4 Å². The van der Waals surface area contributed by atoms with Gasteiger partial charge in [0.25, 0.3) is 0 Å². The third-order valence-corrected chi connectivity index (χ3v) is 4.82. The van der Waals surface area contributed by atoms with E-state index < -0.39 is 6.10 Å². The first kappa shape index (κ1) is 21.5. The molecule has 0 bridgehead atoms. The van der Waals surface area contributed by atoms with Gasteiger partial charge < -0.3 is 14.9 Å². The van der Waals surface area contributed by atoms with Crippen LogP contribution in [0.3, 0.4) is 0 Å². The van der Waals surface area contributed by atoms with Gasteiger partial charge >= 0.3 is 5.97 Å². The van der Waals surface area contributed by atoms with Gasteiger partial charge in [0.05, 0.1) is 23.9 Å². The van der Waals surface area contributed by atoms with Gasteiger partial charge in [0, 0.05) is 17.6 Å². The predicted octanol–water partition coefficient (Wildman–Crippen LogP) is 3.50. The Morgan fingerprint density at radius 1 is 1.48 bits per heavy atom. The molecule has 25 heavy (non-hydrogen) atoms. The highest BCUT2D eigenvalue weighted by molar-refractivity contribution is 7.09. The van der Waals surface area contributed by atoms with Crippen LogP contribution in [0.15, 0.2) is 22.6 Å². The molecule has 0 unspecified atom stereocenters. The zero-order valence-electron chi connectivity index (χ0n) is 15.5. The van der Waals surface area contributed by atoms with Crippen molar-refractivity contribution in [1.82, 2.24) is 4.98 Å². The highest BCUT2D eigenvalue weighted by atomic mass is 32.1. The van der Waals surface area contributed by atoms with E-state index in [4.69, 9.17) is 9.84 Å². The summed E-state index contributed by atoms with van der Waals surface area (Å²) in [5.41, 5.74) is 2.22. The molecular formula is C19H29NO4S. The fourth-order valence-electron chi connectivity index (χ4n) is 2.37. The molecule has 0 aliphatic carbocycles. The Hall–Kier alpha value is -1.50. The summed E-state index contributed by atoms with van der Waals surface area (Å²) in [7, 11) is 1.36. The molecule has 5 nitrogen and oxygen atoms in total. The van der Waals surface area contributed by atoms with Crippen molar-refractivity contribution in [3.05, 3.63) is 33.3 Å². The summed E-state index contributed by atoms with van der Waals surface area (Å²) in [6.07, 6.45) is 5.52. The minimum atomic E-state index is -0.668. The lowest BCUT2D eigenvalue weighted by atomic mass is 9.99. The third-order valence-electron chi connectivity index (χ3n) is 4.03. The zero-order chi connectivity index (χ0) is 18.8. The maximum atomic E-state index is 11.9. The lowest BCUT2D eigenvalue weighted by molar-refractivity contribution is -0.136. The Bertz CT molecular complexity index is 606. The van der Waals surface area contributed by atoms with E-state index in [1.165, 1.54) is 7.11 Å². The van der Waals surface area contributed by atoms with Crippen LogP contribution in [0.2, 0.25) is 0 Å². The number of aliphatic hydroxyl groups excluding tert-OH is 2. The summed E-state index contributed by atoms with van der Waals surface area (Å²) in [5, 5.41) is 22.3. The Morgan fingerprint density at radius 3 is 2.76 bits per heavy atom. The number of thiazole rings is 1. The molecule has 1 aromatic rings.